The first-order valence-electron chi connectivity index (χ1n) is 5.83. The normalized spacial score (nSPS) is 28.5. The molecule has 2 atom stereocenters. The lowest BCUT2D eigenvalue weighted by Crippen LogP contribution is -2.30. The van der Waals surface area contributed by atoms with E-state index in [2.05, 4.69) is 4.90 Å². The highest BCUT2D eigenvalue weighted by Crippen LogP contribution is 2.41. The number of nitrogens with zero attached hydrogens (tertiary/aromatic N) is 1. The third-order valence-corrected chi connectivity index (χ3v) is 3.68. The molecule has 1 saturated carbocycles. The highest BCUT2D eigenvalue weighted by Gasteiger charge is 2.40. The van der Waals surface area contributed by atoms with Crippen LogP contribution in [0, 0.1) is 11.8 Å². The van der Waals surface area contributed by atoms with Crippen LogP contribution in [-0.4, -0.2) is 24.0 Å². The second kappa shape index (κ2) is 6.10. The first-order chi connectivity index (χ1) is 7.33. The van der Waals surface area contributed by atoms with Crippen LogP contribution in [0.1, 0.15) is 18.6 Å². The molecule has 1 saturated heterocycles. The molecule has 1 aliphatic carbocycles. The van der Waals surface area contributed by atoms with Crippen LogP contribution in [-0.2, 0) is 6.54 Å². The molecule has 17 heavy (non-hydrogen) atoms. The third-order valence-electron chi connectivity index (χ3n) is 3.68. The van der Waals surface area contributed by atoms with Gasteiger partial charge in [0.1, 0.15) is 5.76 Å². The predicted molar refractivity (Wildman–Crippen MR) is 72.7 cm³/mol. The van der Waals surface area contributed by atoms with Crippen molar-refractivity contribution >= 4 is 24.8 Å². The van der Waals surface area contributed by atoms with E-state index < -0.39 is 0 Å². The summed E-state index contributed by atoms with van der Waals surface area (Å²) in [7, 11) is 0. The van der Waals surface area contributed by atoms with Gasteiger partial charge in [-0.25, -0.2) is 0 Å². The molecule has 2 heterocycles. The highest BCUT2D eigenvalue weighted by molar-refractivity contribution is 5.85. The third kappa shape index (κ3) is 3.38. The molecule has 0 spiro atoms. The highest BCUT2D eigenvalue weighted by atomic mass is 35.5. The van der Waals surface area contributed by atoms with E-state index in [1.165, 1.54) is 12.8 Å². The largest absolute Gasteiger partial charge is 0.468 e. The number of furan rings is 1. The summed E-state index contributed by atoms with van der Waals surface area (Å²) < 4.78 is 5.36. The molecule has 3 nitrogen and oxygen atoms in total. The number of nitrogens with two attached hydrogens (primary N) is 1. The van der Waals surface area contributed by atoms with Crippen LogP contribution < -0.4 is 5.73 Å². The molecule has 2 aliphatic rings. The predicted octanol–water partition coefficient (Wildman–Crippen LogP) is 2.29. The van der Waals surface area contributed by atoms with Gasteiger partial charge in [-0.3, -0.25) is 4.90 Å². The standard InChI is InChI=1S/C12H18N2O.2ClH/c13-12-8-14(6-10-2-1-5-15-10)7-11(12)9-3-4-9;;/h1-2,5,9,11-12H,3-4,6-8,13H2;2*1H/t11-,12+;;/m1../s1. The summed E-state index contributed by atoms with van der Waals surface area (Å²) in [6.07, 6.45) is 4.53. The van der Waals surface area contributed by atoms with E-state index in [-0.39, 0.29) is 24.8 Å². The second-order valence-corrected chi connectivity index (χ2v) is 4.94. The van der Waals surface area contributed by atoms with Crippen molar-refractivity contribution in [1.82, 2.24) is 4.90 Å². The summed E-state index contributed by atoms with van der Waals surface area (Å²) in [5.74, 6) is 2.71. The van der Waals surface area contributed by atoms with Crippen LogP contribution >= 0.6 is 24.8 Å². The minimum absolute atomic E-state index is 0. The van der Waals surface area contributed by atoms with E-state index in [1.54, 1.807) is 6.26 Å². The zero-order chi connectivity index (χ0) is 10.3. The van der Waals surface area contributed by atoms with Gasteiger partial charge in [-0.2, -0.15) is 0 Å². The molecule has 0 aromatic carbocycles. The Morgan fingerprint density at radius 1 is 1.29 bits per heavy atom. The minimum Gasteiger partial charge on any atom is -0.468 e. The lowest BCUT2D eigenvalue weighted by atomic mass is 9.99. The Hall–Kier alpha value is -0.220. The Balaban J connectivity index is 0.000000722. The zero-order valence-electron chi connectivity index (χ0n) is 9.75. The van der Waals surface area contributed by atoms with Crippen molar-refractivity contribution in [3.8, 4) is 0 Å². The molecular weight excluding hydrogens is 259 g/mol. The maximum Gasteiger partial charge on any atom is 0.117 e. The number of hydrogen-bond donors (Lipinski definition) is 1. The van der Waals surface area contributed by atoms with Gasteiger partial charge < -0.3 is 10.2 Å². The maximum absolute atomic E-state index is 6.17. The number of rotatable bonds is 3. The van der Waals surface area contributed by atoms with Crippen molar-refractivity contribution in [1.29, 1.82) is 0 Å². The molecule has 98 valence electrons. The van der Waals surface area contributed by atoms with Crippen molar-refractivity contribution in [3.63, 3.8) is 0 Å². The monoisotopic (exact) mass is 278 g/mol. The summed E-state index contributed by atoms with van der Waals surface area (Å²) in [5, 5.41) is 0. The minimum atomic E-state index is 0. The lowest BCUT2D eigenvalue weighted by molar-refractivity contribution is 0.281. The van der Waals surface area contributed by atoms with E-state index in [4.69, 9.17) is 10.2 Å². The Bertz CT molecular complexity index is 327. The topological polar surface area (TPSA) is 42.4 Å². The van der Waals surface area contributed by atoms with Crippen LogP contribution in [0.3, 0.4) is 0 Å². The molecule has 2 fully saturated rings. The number of halogens is 2. The van der Waals surface area contributed by atoms with Crippen LogP contribution in [0.4, 0.5) is 0 Å². The first kappa shape index (κ1) is 14.8. The van der Waals surface area contributed by atoms with Crippen LogP contribution in [0.5, 0.6) is 0 Å². The van der Waals surface area contributed by atoms with Gasteiger partial charge in [0.05, 0.1) is 12.8 Å². The quantitative estimate of drug-likeness (QED) is 0.923. The van der Waals surface area contributed by atoms with Crippen LogP contribution in [0.25, 0.3) is 0 Å². The Morgan fingerprint density at radius 2 is 2.06 bits per heavy atom. The van der Waals surface area contributed by atoms with Gasteiger partial charge in [-0.15, -0.1) is 24.8 Å². The van der Waals surface area contributed by atoms with Gasteiger partial charge in [0.2, 0.25) is 0 Å². The fourth-order valence-electron chi connectivity index (χ4n) is 2.72. The molecule has 1 aromatic heterocycles. The summed E-state index contributed by atoms with van der Waals surface area (Å²) in [4.78, 5) is 2.42. The zero-order valence-corrected chi connectivity index (χ0v) is 11.4. The molecule has 2 N–H and O–H groups in total. The van der Waals surface area contributed by atoms with E-state index in [0.29, 0.717) is 6.04 Å². The van der Waals surface area contributed by atoms with Gasteiger partial charge in [0.25, 0.3) is 0 Å². The summed E-state index contributed by atoms with van der Waals surface area (Å²) in [6, 6.07) is 4.37. The Kier molecular flexibility index (Phi) is 5.32. The average Bonchev–Trinajstić information content (AvgIpc) is 2.81. The van der Waals surface area contributed by atoms with E-state index in [0.717, 1.165) is 37.2 Å². The molecule has 1 aliphatic heterocycles. The Labute approximate surface area is 115 Å². The van der Waals surface area contributed by atoms with Crippen LogP contribution in [0.2, 0.25) is 0 Å². The van der Waals surface area contributed by atoms with E-state index in [9.17, 15) is 0 Å². The summed E-state index contributed by atoms with van der Waals surface area (Å²) in [6.45, 7) is 3.11. The SMILES string of the molecule is Cl.Cl.N[C@H]1CN(Cc2ccco2)C[C@@H]1C1CC1. The van der Waals surface area contributed by atoms with Gasteiger partial charge in [-0.05, 0) is 36.8 Å². The molecule has 0 amide bonds. The van der Waals surface area contributed by atoms with Gasteiger partial charge in [0, 0.05) is 19.1 Å². The fourth-order valence-corrected chi connectivity index (χ4v) is 2.72. The van der Waals surface area contributed by atoms with Gasteiger partial charge in [0.15, 0.2) is 0 Å². The van der Waals surface area contributed by atoms with Crippen molar-refractivity contribution < 1.29 is 4.42 Å². The number of hydrogen-bond acceptors (Lipinski definition) is 3. The molecule has 0 unspecified atom stereocenters. The average molecular weight is 279 g/mol. The summed E-state index contributed by atoms with van der Waals surface area (Å²) >= 11 is 0. The maximum atomic E-state index is 6.17. The fraction of sp³-hybridized carbons (Fsp3) is 0.667. The summed E-state index contributed by atoms with van der Waals surface area (Å²) in [5.41, 5.74) is 6.17. The van der Waals surface area contributed by atoms with Gasteiger partial charge >= 0.3 is 0 Å². The van der Waals surface area contributed by atoms with Crippen molar-refractivity contribution in [2.45, 2.75) is 25.4 Å². The van der Waals surface area contributed by atoms with E-state index in [1.807, 2.05) is 12.1 Å². The van der Waals surface area contributed by atoms with Crippen molar-refractivity contribution in [2.75, 3.05) is 13.1 Å². The first-order valence-corrected chi connectivity index (χ1v) is 5.83. The Morgan fingerprint density at radius 3 is 2.65 bits per heavy atom. The number of likely N-dealkylation sites (tertiary alicyclic amines) is 1. The smallest absolute Gasteiger partial charge is 0.117 e. The van der Waals surface area contributed by atoms with Crippen molar-refractivity contribution in [3.05, 3.63) is 24.2 Å². The molecule has 3 rings (SSSR count). The van der Waals surface area contributed by atoms with E-state index >= 15 is 0 Å². The lowest BCUT2D eigenvalue weighted by Gasteiger charge is -2.13. The molecule has 5 heteroatoms. The second-order valence-electron chi connectivity index (χ2n) is 4.94. The molecule has 0 bridgehead atoms. The molecule has 1 aromatic rings. The molecule has 0 radical (unpaired) electrons. The molecular formula is C12H20Cl2N2O. The van der Waals surface area contributed by atoms with Gasteiger partial charge in [-0.1, -0.05) is 0 Å². The van der Waals surface area contributed by atoms with Crippen LogP contribution in [0.15, 0.2) is 22.8 Å². The van der Waals surface area contributed by atoms with Crippen molar-refractivity contribution in [2.24, 2.45) is 17.6 Å².